The summed E-state index contributed by atoms with van der Waals surface area (Å²) in [5.74, 6) is 0.726. The second-order valence-electron chi connectivity index (χ2n) is 7.46. The van der Waals surface area contributed by atoms with Gasteiger partial charge in [-0.05, 0) is 50.6 Å². The molecular formula is C20H21NO5S. The monoisotopic (exact) mass is 387 g/mol. The van der Waals surface area contributed by atoms with Crippen molar-refractivity contribution in [3.63, 3.8) is 0 Å². The van der Waals surface area contributed by atoms with Gasteiger partial charge < -0.3 is 13.8 Å². The third-order valence-electron chi connectivity index (χ3n) is 4.76. The van der Waals surface area contributed by atoms with Gasteiger partial charge in [-0.3, -0.25) is 4.79 Å². The van der Waals surface area contributed by atoms with Gasteiger partial charge in [-0.25, -0.2) is 0 Å². The zero-order valence-electron chi connectivity index (χ0n) is 15.3. The molecule has 0 aliphatic carbocycles. The first-order chi connectivity index (χ1) is 12.8. The molecule has 0 radical (unpaired) electrons. The summed E-state index contributed by atoms with van der Waals surface area (Å²) in [4.78, 5) is 13.5. The lowest BCUT2D eigenvalue weighted by Gasteiger charge is -2.18. The third-order valence-corrected chi connectivity index (χ3v) is 6.01. The number of hydrogen-bond donors (Lipinski definition) is 0. The average molecular weight is 387 g/mol. The topological polar surface area (TPSA) is 72.9 Å². The molecule has 1 fully saturated rings. The number of carbonyl (C=O) groups excluding carboxylic acids is 1. The fraction of sp³-hybridized carbons (Fsp3) is 0.350. The van der Waals surface area contributed by atoms with Gasteiger partial charge in [0.1, 0.15) is 10.5 Å². The lowest BCUT2D eigenvalue weighted by Crippen LogP contribution is -2.25. The SMILES string of the molecule is CC1(C)Cc2cccc(OS(=O)(=O)c3ccc(N4CCCC4=O)cc3)c2O1. The summed E-state index contributed by atoms with van der Waals surface area (Å²) in [6, 6.07) is 11.5. The highest BCUT2D eigenvalue weighted by molar-refractivity contribution is 7.87. The molecule has 1 saturated heterocycles. The predicted octanol–water partition coefficient (Wildman–Crippen LogP) is 3.29. The maximum absolute atomic E-state index is 12.7. The summed E-state index contributed by atoms with van der Waals surface area (Å²) >= 11 is 0. The molecule has 0 spiro atoms. The minimum absolute atomic E-state index is 0.0350. The minimum atomic E-state index is -4.01. The Balaban J connectivity index is 1.58. The van der Waals surface area contributed by atoms with Crippen molar-refractivity contribution in [2.45, 2.75) is 43.6 Å². The molecule has 2 aliphatic heterocycles. The number of anilines is 1. The maximum atomic E-state index is 12.7. The molecule has 0 aromatic heterocycles. The second-order valence-corrected chi connectivity index (χ2v) is 9.01. The van der Waals surface area contributed by atoms with E-state index in [0.29, 0.717) is 30.8 Å². The van der Waals surface area contributed by atoms with Gasteiger partial charge in [-0.1, -0.05) is 12.1 Å². The Morgan fingerprint density at radius 2 is 1.85 bits per heavy atom. The molecule has 2 heterocycles. The minimum Gasteiger partial charge on any atom is -0.483 e. The maximum Gasteiger partial charge on any atom is 0.339 e. The first kappa shape index (κ1) is 17.9. The summed E-state index contributed by atoms with van der Waals surface area (Å²) in [5.41, 5.74) is 1.23. The van der Waals surface area contributed by atoms with Gasteiger partial charge in [-0.2, -0.15) is 8.42 Å². The highest BCUT2D eigenvalue weighted by Crippen LogP contribution is 2.42. The van der Waals surface area contributed by atoms with E-state index >= 15 is 0 Å². The lowest BCUT2D eigenvalue weighted by atomic mass is 10.0. The van der Waals surface area contributed by atoms with Gasteiger partial charge in [0, 0.05) is 30.6 Å². The number of fused-ring (bicyclic) bond motifs is 1. The van der Waals surface area contributed by atoms with Gasteiger partial charge in [0.25, 0.3) is 0 Å². The molecule has 0 N–H and O–H groups in total. The van der Waals surface area contributed by atoms with Crippen LogP contribution in [0.1, 0.15) is 32.3 Å². The van der Waals surface area contributed by atoms with E-state index in [4.69, 9.17) is 8.92 Å². The van der Waals surface area contributed by atoms with Crippen molar-refractivity contribution < 1.29 is 22.1 Å². The van der Waals surface area contributed by atoms with E-state index in [9.17, 15) is 13.2 Å². The van der Waals surface area contributed by atoms with Crippen molar-refractivity contribution >= 4 is 21.7 Å². The molecular weight excluding hydrogens is 366 g/mol. The van der Waals surface area contributed by atoms with Crippen molar-refractivity contribution in [1.82, 2.24) is 0 Å². The van der Waals surface area contributed by atoms with Gasteiger partial charge >= 0.3 is 10.1 Å². The summed E-state index contributed by atoms with van der Waals surface area (Å²) in [7, 11) is -4.01. The number of ether oxygens (including phenoxy) is 1. The number of carbonyl (C=O) groups is 1. The van der Waals surface area contributed by atoms with Crippen LogP contribution in [0.5, 0.6) is 11.5 Å². The number of hydrogen-bond acceptors (Lipinski definition) is 5. The van der Waals surface area contributed by atoms with E-state index in [1.54, 1.807) is 29.2 Å². The van der Waals surface area contributed by atoms with E-state index in [2.05, 4.69) is 0 Å². The van der Waals surface area contributed by atoms with Crippen LogP contribution < -0.4 is 13.8 Å². The average Bonchev–Trinajstić information content (AvgIpc) is 3.17. The van der Waals surface area contributed by atoms with E-state index in [1.807, 2.05) is 19.9 Å². The largest absolute Gasteiger partial charge is 0.483 e. The van der Waals surface area contributed by atoms with Crippen LogP contribution in [0.3, 0.4) is 0 Å². The Morgan fingerprint density at radius 3 is 2.52 bits per heavy atom. The van der Waals surface area contributed by atoms with Crippen LogP contribution in [-0.2, 0) is 21.3 Å². The molecule has 6 nitrogen and oxygen atoms in total. The highest BCUT2D eigenvalue weighted by atomic mass is 32.2. The molecule has 1 amide bonds. The Labute approximate surface area is 158 Å². The zero-order valence-corrected chi connectivity index (χ0v) is 16.1. The van der Waals surface area contributed by atoms with Crippen molar-refractivity contribution in [2.24, 2.45) is 0 Å². The van der Waals surface area contributed by atoms with E-state index in [1.165, 1.54) is 12.1 Å². The predicted molar refractivity (Wildman–Crippen MR) is 101 cm³/mol. The molecule has 2 aromatic carbocycles. The van der Waals surface area contributed by atoms with Crippen LogP contribution in [0.4, 0.5) is 5.69 Å². The summed E-state index contributed by atoms with van der Waals surface area (Å²) < 4.78 is 36.7. The number of benzene rings is 2. The van der Waals surface area contributed by atoms with Gasteiger partial charge in [-0.15, -0.1) is 0 Å². The molecule has 0 atom stereocenters. The molecule has 0 bridgehead atoms. The van der Waals surface area contributed by atoms with E-state index < -0.39 is 15.7 Å². The van der Waals surface area contributed by atoms with Crippen LogP contribution in [0.2, 0.25) is 0 Å². The van der Waals surface area contributed by atoms with Crippen LogP contribution in [-0.4, -0.2) is 26.5 Å². The fourth-order valence-corrected chi connectivity index (χ4v) is 4.47. The third kappa shape index (κ3) is 3.39. The molecule has 2 aromatic rings. The van der Waals surface area contributed by atoms with Crippen molar-refractivity contribution in [3.8, 4) is 11.5 Å². The van der Waals surface area contributed by atoms with Crippen LogP contribution >= 0.6 is 0 Å². The smallest absolute Gasteiger partial charge is 0.339 e. The van der Waals surface area contributed by atoms with E-state index in [0.717, 1.165) is 12.0 Å². The first-order valence-corrected chi connectivity index (χ1v) is 10.3. The number of para-hydroxylation sites is 1. The van der Waals surface area contributed by atoms with Crippen molar-refractivity contribution in [2.75, 3.05) is 11.4 Å². The Bertz CT molecular complexity index is 996. The van der Waals surface area contributed by atoms with E-state index in [-0.39, 0.29) is 16.6 Å². The normalized spacial score (nSPS) is 18.3. The summed E-state index contributed by atoms with van der Waals surface area (Å²) in [5, 5.41) is 0. The summed E-state index contributed by atoms with van der Waals surface area (Å²) in [6.45, 7) is 4.55. The quantitative estimate of drug-likeness (QED) is 0.753. The van der Waals surface area contributed by atoms with Crippen molar-refractivity contribution in [3.05, 3.63) is 48.0 Å². The molecule has 2 aliphatic rings. The zero-order chi connectivity index (χ0) is 19.2. The van der Waals surface area contributed by atoms with Gasteiger partial charge in [0.2, 0.25) is 5.91 Å². The molecule has 142 valence electrons. The molecule has 0 unspecified atom stereocenters. The Hall–Kier alpha value is -2.54. The molecule has 27 heavy (non-hydrogen) atoms. The number of amides is 1. The second kappa shape index (κ2) is 6.27. The molecule has 0 saturated carbocycles. The Morgan fingerprint density at radius 1 is 1.11 bits per heavy atom. The molecule has 7 heteroatoms. The summed E-state index contributed by atoms with van der Waals surface area (Å²) in [6.07, 6.45) is 2.04. The van der Waals surface area contributed by atoms with Crippen LogP contribution in [0.25, 0.3) is 0 Å². The lowest BCUT2D eigenvalue weighted by molar-refractivity contribution is -0.117. The highest BCUT2D eigenvalue weighted by Gasteiger charge is 2.33. The first-order valence-electron chi connectivity index (χ1n) is 8.91. The fourth-order valence-electron chi connectivity index (χ4n) is 3.53. The van der Waals surface area contributed by atoms with Crippen molar-refractivity contribution in [1.29, 1.82) is 0 Å². The number of nitrogens with zero attached hydrogens (tertiary/aromatic N) is 1. The van der Waals surface area contributed by atoms with Gasteiger partial charge in [0.05, 0.1) is 0 Å². The number of rotatable bonds is 4. The van der Waals surface area contributed by atoms with Gasteiger partial charge in [0.15, 0.2) is 11.5 Å². The standard InChI is InChI=1S/C20H21NO5S/c1-20(2)13-14-5-3-6-17(19(14)25-20)26-27(23,24)16-10-8-15(9-11-16)21-12-4-7-18(21)22/h3,5-6,8-11H,4,7,12-13H2,1-2H3. The molecule has 4 rings (SSSR count). The van der Waals surface area contributed by atoms with Crippen LogP contribution in [0.15, 0.2) is 47.4 Å². The van der Waals surface area contributed by atoms with Crippen LogP contribution in [0, 0.1) is 0 Å². The Kier molecular flexibility index (Phi) is 4.14.